The zero-order valence-electron chi connectivity index (χ0n) is 14.4. The molecule has 2 fully saturated rings. The Bertz CT molecular complexity index is 813. The summed E-state index contributed by atoms with van der Waals surface area (Å²) >= 11 is 0. The Kier molecular flexibility index (Phi) is 4.59. The number of aromatic nitrogens is 1. The number of piperazine rings is 1. The first-order chi connectivity index (χ1) is 12.2. The van der Waals surface area contributed by atoms with Gasteiger partial charge in [0.25, 0.3) is 5.91 Å². The highest BCUT2D eigenvalue weighted by molar-refractivity contribution is 5.97. The molecule has 1 aromatic carbocycles. The molecule has 134 valence electrons. The first-order valence-corrected chi connectivity index (χ1v) is 9.08. The molecule has 0 saturated carbocycles. The lowest BCUT2D eigenvalue weighted by molar-refractivity contribution is 0.0736. The number of fused-ring (bicyclic) bond motifs is 1. The van der Waals surface area contributed by atoms with Crippen molar-refractivity contribution in [1.29, 1.82) is 0 Å². The number of benzene rings is 1. The molecule has 3 heterocycles. The fourth-order valence-electron chi connectivity index (χ4n) is 3.71. The van der Waals surface area contributed by atoms with Gasteiger partial charge in [0.2, 0.25) is 0 Å². The molecule has 4 rings (SSSR count). The molecule has 1 N–H and O–H groups in total. The maximum absolute atomic E-state index is 12.6. The lowest BCUT2D eigenvalue weighted by Crippen LogP contribution is -2.46. The number of amides is 1. The Labute approximate surface area is 146 Å². The predicted octanol–water partition coefficient (Wildman–Crippen LogP) is 0.736. The monoisotopic (exact) mass is 344 g/mol. The van der Waals surface area contributed by atoms with Gasteiger partial charge >= 0.3 is 5.76 Å². The quantitative estimate of drug-likeness (QED) is 0.886. The number of rotatable bonds is 4. The van der Waals surface area contributed by atoms with Crippen molar-refractivity contribution < 1.29 is 9.21 Å². The summed E-state index contributed by atoms with van der Waals surface area (Å²) in [7, 11) is 0. The molecule has 2 aliphatic heterocycles. The van der Waals surface area contributed by atoms with Gasteiger partial charge in [-0.1, -0.05) is 0 Å². The van der Waals surface area contributed by atoms with Crippen LogP contribution in [0.5, 0.6) is 0 Å². The third-order valence-corrected chi connectivity index (χ3v) is 5.16. The van der Waals surface area contributed by atoms with Crippen molar-refractivity contribution in [2.45, 2.75) is 19.4 Å². The number of oxazole rings is 1. The Morgan fingerprint density at radius 1 is 1.08 bits per heavy atom. The fourth-order valence-corrected chi connectivity index (χ4v) is 3.71. The molecule has 25 heavy (non-hydrogen) atoms. The number of carbonyl (C=O) groups excluding carboxylic acids is 1. The normalized spacial score (nSPS) is 19.0. The third kappa shape index (κ3) is 3.34. The Balaban J connectivity index is 1.54. The van der Waals surface area contributed by atoms with Gasteiger partial charge in [0.1, 0.15) is 0 Å². The second kappa shape index (κ2) is 7.01. The number of carbonyl (C=O) groups is 1. The SMILES string of the molecule is O=C(c1ccc2c(c1)oc(=O)n2CCN1CCCC1)N1CCNCC1. The van der Waals surface area contributed by atoms with Crippen molar-refractivity contribution in [1.82, 2.24) is 19.7 Å². The van der Waals surface area contributed by atoms with E-state index in [9.17, 15) is 9.59 Å². The first-order valence-electron chi connectivity index (χ1n) is 9.08. The molecule has 2 aliphatic rings. The van der Waals surface area contributed by atoms with Crippen LogP contribution in [0.15, 0.2) is 27.4 Å². The maximum Gasteiger partial charge on any atom is 0.419 e. The van der Waals surface area contributed by atoms with E-state index in [1.54, 1.807) is 16.7 Å². The second-order valence-corrected chi connectivity index (χ2v) is 6.79. The van der Waals surface area contributed by atoms with E-state index in [2.05, 4.69) is 10.2 Å². The third-order valence-electron chi connectivity index (χ3n) is 5.16. The molecule has 1 amide bonds. The molecule has 7 nitrogen and oxygen atoms in total. The molecule has 0 aliphatic carbocycles. The van der Waals surface area contributed by atoms with Crippen LogP contribution in [-0.4, -0.2) is 66.1 Å². The summed E-state index contributed by atoms with van der Waals surface area (Å²) in [5.41, 5.74) is 1.84. The van der Waals surface area contributed by atoms with Gasteiger partial charge in [0.15, 0.2) is 5.58 Å². The van der Waals surface area contributed by atoms with Crippen LogP contribution in [-0.2, 0) is 6.54 Å². The zero-order valence-corrected chi connectivity index (χ0v) is 14.4. The van der Waals surface area contributed by atoms with Gasteiger partial charge in [-0.25, -0.2) is 4.79 Å². The minimum atomic E-state index is -0.346. The topological polar surface area (TPSA) is 70.7 Å². The van der Waals surface area contributed by atoms with Crippen LogP contribution in [0.4, 0.5) is 0 Å². The zero-order chi connectivity index (χ0) is 17.2. The van der Waals surface area contributed by atoms with Gasteiger partial charge < -0.3 is 19.5 Å². The van der Waals surface area contributed by atoms with Crippen LogP contribution < -0.4 is 11.1 Å². The number of nitrogens with zero attached hydrogens (tertiary/aromatic N) is 3. The lowest BCUT2D eigenvalue weighted by atomic mass is 10.1. The van der Waals surface area contributed by atoms with E-state index >= 15 is 0 Å². The van der Waals surface area contributed by atoms with Crippen LogP contribution in [0.2, 0.25) is 0 Å². The molecule has 1 aromatic heterocycles. The van der Waals surface area contributed by atoms with Gasteiger partial charge in [0.05, 0.1) is 5.52 Å². The fraction of sp³-hybridized carbons (Fsp3) is 0.556. The first kappa shape index (κ1) is 16.4. The Morgan fingerprint density at radius 2 is 1.84 bits per heavy atom. The summed E-state index contributed by atoms with van der Waals surface area (Å²) in [5.74, 6) is -0.350. The minimum Gasteiger partial charge on any atom is -0.408 e. The van der Waals surface area contributed by atoms with Crippen molar-refractivity contribution >= 4 is 17.0 Å². The second-order valence-electron chi connectivity index (χ2n) is 6.79. The highest BCUT2D eigenvalue weighted by atomic mass is 16.4. The smallest absolute Gasteiger partial charge is 0.408 e. The molecule has 7 heteroatoms. The summed E-state index contributed by atoms with van der Waals surface area (Å²) in [6, 6.07) is 5.33. The summed E-state index contributed by atoms with van der Waals surface area (Å²) in [5, 5.41) is 3.24. The van der Waals surface area contributed by atoms with Gasteiger partial charge in [-0.2, -0.15) is 0 Å². The van der Waals surface area contributed by atoms with E-state index in [-0.39, 0.29) is 11.7 Å². The summed E-state index contributed by atoms with van der Waals surface area (Å²) < 4.78 is 7.07. The molecule has 0 atom stereocenters. The summed E-state index contributed by atoms with van der Waals surface area (Å²) in [6.45, 7) is 6.73. The minimum absolute atomic E-state index is 0.00383. The predicted molar refractivity (Wildman–Crippen MR) is 94.9 cm³/mol. The molecule has 0 spiro atoms. The van der Waals surface area contributed by atoms with E-state index in [0.29, 0.717) is 30.8 Å². The molecular weight excluding hydrogens is 320 g/mol. The van der Waals surface area contributed by atoms with E-state index in [1.807, 2.05) is 11.0 Å². The van der Waals surface area contributed by atoms with E-state index in [0.717, 1.165) is 38.2 Å². The Hall–Kier alpha value is -2.12. The van der Waals surface area contributed by atoms with E-state index in [4.69, 9.17) is 4.42 Å². The number of likely N-dealkylation sites (tertiary alicyclic amines) is 1. The van der Waals surface area contributed by atoms with Gasteiger partial charge in [-0.15, -0.1) is 0 Å². The largest absolute Gasteiger partial charge is 0.419 e. The van der Waals surface area contributed by atoms with E-state index in [1.165, 1.54) is 12.8 Å². The van der Waals surface area contributed by atoms with Gasteiger partial charge in [-0.05, 0) is 44.1 Å². The lowest BCUT2D eigenvalue weighted by Gasteiger charge is -2.27. The van der Waals surface area contributed by atoms with Crippen LogP contribution in [0.3, 0.4) is 0 Å². The highest BCUT2D eigenvalue weighted by Gasteiger charge is 2.20. The van der Waals surface area contributed by atoms with E-state index < -0.39 is 0 Å². The van der Waals surface area contributed by atoms with Crippen LogP contribution in [0, 0.1) is 0 Å². The van der Waals surface area contributed by atoms with Crippen LogP contribution in [0.1, 0.15) is 23.2 Å². The maximum atomic E-state index is 12.6. The standard InChI is InChI=1S/C18H24N4O3/c23-17(21-9-5-19-6-10-21)14-3-4-15-16(13-14)25-18(24)22(15)12-11-20-7-1-2-8-20/h3-4,13,19H,1-2,5-12H2. The van der Waals surface area contributed by atoms with Crippen molar-refractivity contribution in [3.8, 4) is 0 Å². The average molecular weight is 344 g/mol. The molecule has 0 unspecified atom stereocenters. The molecule has 0 bridgehead atoms. The van der Waals surface area contributed by atoms with Crippen LogP contribution >= 0.6 is 0 Å². The summed E-state index contributed by atoms with van der Waals surface area (Å²) in [4.78, 5) is 29.0. The molecule has 0 radical (unpaired) electrons. The molecule has 2 saturated heterocycles. The number of nitrogens with one attached hydrogen (secondary N) is 1. The molecular formula is C18H24N4O3. The van der Waals surface area contributed by atoms with Crippen molar-refractivity contribution in [2.75, 3.05) is 45.8 Å². The van der Waals surface area contributed by atoms with Crippen molar-refractivity contribution in [2.24, 2.45) is 0 Å². The number of hydrogen-bond acceptors (Lipinski definition) is 5. The van der Waals surface area contributed by atoms with Gasteiger partial charge in [0, 0.05) is 44.8 Å². The highest BCUT2D eigenvalue weighted by Crippen LogP contribution is 2.17. The van der Waals surface area contributed by atoms with Gasteiger partial charge in [-0.3, -0.25) is 9.36 Å². The van der Waals surface area contributed by atoms with Crippen molar-refractivity contribution in [3.05, 3.63) is 34.3 Å². The summed E-state index contributed by atoms with van der Waals surface area (Å²) in [6.07, 6.45) is 2.47. The Morgan fingerprint density at radius 3 is 2.60 bits per heavy atom. The van der Waals surface area contributed by atoms with Crippen molar-refractivity contribution in [3.63, 3.8) is 0 Å². The van der Waals surface area contributed by atoms with Crippen LogP contribution in [0.25, 0.3) is 11.1 Å². The average Bonchev–Trinajstić information content (AvgIpc) is 3.26. The molecule has 2 aromatic rings. The number of hydrogen-bond donors (Lipinski definition) is 1.